The van der Waals surface area contributed by atoms with E-state index in [-0.39, 0.29) is 0 Å². The number of rotatable bonds is 5. The number of aryl methyl sites for hydroxylation is 1. The molecule has 0 atom stereocenters. The largest absolute Gasteiger partial charge is 0.398 e. The first kappa shape index (κ1) is 11.1. The van der Waals surface area contributed by atoms with Crippen LogP contribution in [-0.4, -0.2) is 14.8 Å². The summed E-state index contributed by atoms with van der Waals surface area (Å²) in [4.78, 5) is 1.17. The molecule has 0 aliphatic carbocycles. The van der Waals surface area contributed by atoms with Gasteiger partial charge in [0.1, 0.15) is 12.2 Å². The van der Waals surface area contributed by atoms with E-state index in [1.165, 1.54) is 4.88 Å². The Morgan fingerprint density at radius 1 is 1.50 bits per heavy atom. The summed E-state index contributed by atoms with van der Waals surface area (Å²) in [6.07, 6.45) is 1.75. The van der Waals surface area contributed by atoms with Gasteiger partial charge in [0.2, 0.25) is 0 Å². The molecule has 0 spiro atoms. The molecule has 0 saturated heterocycles. The van der Waals surface area contributed by atoms with E-state index in [9.17, 15) is 0 Å². The van der Waals surface area contributed by atoms with Gasteiger partial charge in [0.25, 0.3) is 0 Å². The molecule has 2 aromatic rings. The third-order valence-corrected chi connectivity index (χ3v) is 3.32. The van der Waals surface area contributed by atoms with E-state index >= 15 is 0 Å². The fraction of sp³-hybridized carbons (Fsp3) is 0.400. The van der Waals surface area contributed by atoms with Crippen LogP contribution in [-0.2, 0) is 19.6 Å². The van der Waals surface area contributed by atoms with Crippen LogP contribution in [0.25, 0.3) is 0 Å². The van der Waals surface area contributed by atoms with E-state index in [4.69, 9.17) is 5.73 Å². The predicted octanol–water partition coefficient (Wildman–Crippen LogP) is 1.23. The molecule has 0 bridgehead atoms. The summed E-state index contributed by atoms with van der Waals surface area (Å²) in [6.45, 7) is 4.46. The van der Waals surface area contributed by atoms with E-state index in [0.717, 1.165) is 24.6 Å². The highest BCUT2D eigenvalue weighted by Gasteiger charge is 2.03. The molecule has 2 heterocycles. The summed E-state index contributed by atoms with van der Waals surface area (Å²) < 4.78 is 2.02. The van der Waals surface area contributed by atoms with Crippen molar-refractivity contribution in [1.29, 1.82) is 0 Å². The summed E-state index contributed by atoms with van der Waals surface area (Å²) in [6, 6.07) is 1.93. The monoisotopic (exact) mass is 237 g/mol. The Kier molecular flexibility index (Phi) is 3.53. The minimum absolute atomic E-state index is 0.713. The van der Waals surface area contributed by atoms with Crippen molar-refractivity contribution >= 4 is 17.0 Å². The van der Waals surface area contributed by atoms with Gasteiger partial charge in [0.05, 0.1) is 6.54 Å². The molecule has 0 amide bonds. The molecule has 86 valence electrons. The van der Waals surface area contributed by atoms with Crippen LogP contribution in [0, 0.1) is 0 Å². The normalized spacial score (nSPS) is 10.8. The van der Waals surface area contributed by atoms with Crippen LogP contribution in [0.5, 0.6) is 0 Å². The predicted molar refractivity (Wildman–Crippen MR) is 65.0 cm³/mol. The third-order valence-electron chi connectivity index (χ3n) is 2.38. The molecule has 0 fully saturated rings. The Morgan fingerprint density at radius 3 is 3.06 bits per heavy atom. The molecule has 0 aliphatic heterocycles. The molecule has 6 heteroatoms. The number of thiophene rings is 1. The zero-order valence-corrected chi connectivity index (χ0v) is 10.00. The van der Waals surface area contributed by atoms with Crippen LogP contribution < -0.4 is 11.1 Å². The lowest BCUT2D eigenvalue weighted by Crippen LogP contribution is -2.16. The molecular weight excluding hydrogens is 222 g/mol. The molecule has 5 nitrogen and oxygen atoms in total. The number of hydrogen-bond donors (Lipinski definition) is 2. The van der Waals surface area contributed by atoms with Gasteiger partial charge < -0.3 is 15.6 Å². The minimum Gasteiger partial charge on any atom is -0.398 e. The highest BCUT2D eigenvalue weighted by Crippen LogP contribution is 2.18. The third kappa shape index (κ3) is 2.40. The molecule has 16 heavy (non-hydrogen) atoms. The van der Waals surface area contributed by atoms with Gasteiger partial charge in [-0.15, -0.1) is 21.5 Å². The maximum absolute atomic E-state index is 5.79. The van der Waals surface area contributed by atoms with Crippen molar-refractivity contribution < 1.29 is 0 Å². The van der Waals surface area contributed by atoms with Crippen LogP contribution in [0.15, 0.2) is 17.8 Å². The van der Waals surface area contributed by atoms with Crippen LogP contribution in [0.3, 0.4) is 0 Å². The molecule has 0 radical (unpaired) electrons. The smallest absolute Gasteiger partial charge is 0.146 e. The van der Waals surface area contributed by atoms with E-state index in [0.29, 0.717) is 6.54 Å². The Morgan fingerprint density at radius 2 is 2.38 bits per heavy atom. The summed E-state index contributed by atoms with van der Waals surface area (Å²) in [5.74, 6) is 0.956. The summed E-state index contributed by atoms with van der Waals surface area (Å²) in [7, 11) is 0. The average molecular weight is 237 g/mol. The topological polar surface area (TPSA) is 68.8 Å². The fourth-order valence-corrected chi connectivity index (χ4v) is 2.23. The van der Waals surface area contributed by atoms with E-state index < -0.39 is 0 Å². The Balaban J connectivity index is 1.87. The van der Waals surface area contributed by atoms with Crippen molar-refractivity contribution in [2.75, 3.05) is 5.73 Å². The quantitative estimate of drug-likeness (QED) is 0.820. The standard InChI is InChI=1S/C10H15N5S/c1-2-15-7-13-14-10(15)6-12-5-9-8(11)3-4-16-9/h3-4,7,12H,2,5-6,11H2,1H3. The van der Waals surface area contributed by atoms with Gasteiger partial charge in [-0.2, -0.15) is 0 Å². The van der Waals surface area contributed by atoms with Crippen molar-refractivity contribution in [3.63, 3.8) is 0 Å². The van der Waals surface area contributed by atoms with E-state index in [1.54, 1.807) is 17.7 Å². The Bertz CT molecular complexity index is 448. The number of nitrogens with one attached hydrogen (secondary N) is 1. The SMILES string of the molecule is CCn1cnnc1CNCc1sccc1N. The maximum atomic E-state index is 5.79. The van der Waals surface area contributed by atoms with Crippen molar-refractivity contribution in [3.05, 3.63) is 28.5 Å². The second kappa shape index (κ2) is 5.09. The first-order chi connectivity index (χ1) is 7.81. The van der Waals surface area contributed by atoms with Crippen molar-refractivity contribution in [3.8, 4) is 0 Å². The summed E-state index contributed by atoms with van der Waals surface area (Å²) in [5.41, 5.74) is 6.65. The zero-order chi connectivity index (χ0) is 11.4. The first-order valence-electron chi connectivity index (χ1n) is 5.20. The highest BCUT2D eigenvalue weighted by atomic mass is 32.1. The van der Waals surface area contributed by atoms with E-state index in [1.807, 2.05) is 16.0 Å². The van der Waals surface area contributed by atoms with Gasteiger partial charge in [-0.05, 0) is 18.4 Å². The van der Waals surface area contributed by atoms with Crippen molar-refractivity contribution in [2.24, 2.45) is 0 Å². The van der Waals surface area contributed by atoms with Crippen molar-refractivity contribution in [1.82, 2.24) is 20.1 Å². The number of nitrogen functional groups attached to an aromatic ring is 1. The van der Waals surface area contributed by atoms with Crippen LogP contribution in [0.2, 0.25) is 0 Å². The highest BCUT2D eigenvalue weighted by molar-refractivity contribution is 7.10. The number of anilines is 1. The molecule has 0 saturated carbocycles. The van der Waals surface area contributed by atoms with Gasteiger partial charge in [-0.3, -0.25) is 0 Å². The second-order valence-corrected chi connectivity index (χ2v) is 4.44. The van der Waals surface area contributed by atoms with Gasteiger partial charge in [-0.1, -0.05) is 0 Å². The lowest BCUT2D eigenvalue weighted by Gasteiger charge is -2.04. The Hall–Kier alpha value is -1.40. The minimum atomic E-state index is 0.713. The molecule has 2 aromatic heterocycles. The molecule has 0 aromatic carbocycles. The van der Waals surface area contributed by atoms with Gasteiger partial charge in [-0.25, -0.2) is 0 Å². The average Bonchev–Trinajstić information content (AvgIpc) is 2.88. The number of aromatic nitrogens is 3. The second-order valence-electron chi connectivity index (χ2n) is 3.44. The van der Waals surface area contributed by atoms with Crippen LogP contribution in [0.1, 0.15) is 17.6 Å². The van der Waals surface area contributed by atoms with Gasteiger partial charge in [0.15, 0.2) is 0 Å². The lowest BCUT2D eigenvalue weighted by atomic mass is 10.4. The molecule has 0 unspecified atom stereocenters. The maximum Gasteiger partial charge on any atom is 0.146 e. The zero-order valence-electron chi connectivity index (χ0n) is 9.18. The van der Waals surface area contributed by atoms with Crippen LogP contribution >= 0.6 is 11.3 Å². The molecule has 0 aliphatic rings. The Labute approximate surface area is 98.3 Å². The van der Waals surface area contributed by atoms with E-state index in [2.05, 4.69) is 22.4 Å². The number of nitrogens with zero attached hydrogens (tertiary/aromatic N) is 3. The molecular formula is C10H15N5S. The summed E-state index contributed by atoms with van der Waals surface area (Å²) >= 11 is 1.67. The van der Waals surface area contributed by atoms with Crippen molar-refractivity contribution in [2.45, 2.75) is 26.6 Å². The lowest BCUT2D eigenvalue weighted by molar-refractivity contribution is 0.616. The van der Waals surface area contributed by atoms with Crippen LogP contribution in [0.4, 0.5) is 5.69 Å². The van der Waals surface area contributed by atoms with Gasteiger partial charge >= 0.3 is 0 Å². The molecule has 2 rings (SSSR count). The first-order valence-corrected chi connectivity index (χ1v) is 6.08. The van der Waals surface area contributed by atoms with Gasteiger partial charge in [0, 0.05) is 23.7 Å². The number of nitrogens with two attached hydrogens (primary N) is 1. The fourth-order valence-electron chi connectivity index (χ4n) is 1.46. The summed E-state index contributed by atoms with van der Waals surface area (Å²) in [5, 5.41) is 13.2. The number of hydrogen-bond acceptors (Lipinski definition) is 5. The molecule has 3 N–H and O–H groups in total.